The summed E-state index contributed by atoms with van der Waals surface area (Å²) in [5.41, 5.74) is 1.47. The van der Waals surface area contributed by atoms with E-state index in [1.807, 2.05) is 0 Å². The van der Waals surface area contributed by atoms with Crippen molar-refractivity contribution in [2.24, 2.45) is 11.8 Å². The zero-order valence-electron chi connectivity index (χ0n) is 24.9. The Labute approximate surface area is 253 Å². The van der Waals surface area contributed by atoms with Crippen LogP contribution in [0, 0.1) is 11.8 Å². The highest BCUT2D eigenvalue weighted by Crippen LogP contribution is 2.45. The summed E-state index contributed by atoms with van der Waals surface area (Å²) < 4.78 is 31.0. The number of hydrogen-bond donors (Lipinski definition) is 1. The standard InChI is InChI=1S/C35H43FO7/c1-3-4-17-28(36)18-11-16-25-20-19-24(2)29(25)23-31-30(41-31)21-22-35(34(39)40,42-32(37)26-12-7-5-8-13-26)43-33(38)27-14-9-6-10-15-27/h5-10,12-15,25,28-31H,2-4,11,16-23H2,1H3,(H,39,40)/t25-,28?,29-,30?,31+/m0/s1. The zero-order chi connectivity index (χ0) is 30.8. The first kappa shape index (κ1) is 32.4. The number of carbonyl (C=O) groups excluding carboxylic acids is 2. The maximum Gasteiger partial charge on any atom is 0.390 e. The first-order valence-electron chi connectivity index (χ1n) is 15.5. The van der Waals surface area contributed by atoms with Crippen LogP contribution in [0.15, 0.2) is 72.8 Å². The van der Waals surface area contributed by atoms with Crippen LogP contribution in [0.5, 0.6) is 0 Å². The van der Waals surface area contributed by atoms with Gasteiger partial charge in [-0.2, -0.15) is 0 Å². The van der Waals surface area contributed by atoms with E-state index in [9.17, 15) is 23.9 Å². The molecule has 1 saturated carbocycles. The monoisotopic (exact) mass is 594 g/mol. The number of hydrogen-bond acceptors (Lipinski definition) is 6. The van der Waals surface area contributed by atoms with E-state index in [1.54, 1.807) is 36.4 Å². The van der Waals surface area contributed by atoms with E-state index in [-0.39, 0.29) is 42.1 Å². The Morgan fingerprint density at radius 3 is 2.09 bits per heavy atom. The third-order valence-electron chi connectivity index (χ3n) is 8.68. The minimum atomic E-state index is -2.53. The molecule has 232 valence electrons. The van der Waals surface area contributed by atoms with Crippen molar-refractivity contribution in [2.45, 2.75) is 102 Å². The molecule has 8 heteroatoms. The number of allylic oxidation sites excluding steroid dienone is 1. The number of carbonyl (C=O) groups is 3. The molecule has 1 aliphatic heterocycles. The fourth-order valence-corrected chi connectivity index (χ4v) is 6.07. The molecular weight excluding hydrogens is 551 g/mol. The Bertz CT molecular complexity index is 1180. The summed E-state index contributed by atoms with van der Waals surface area (Å²) >= 11 is 0. The van der Waals surface area contributed by atoms with E-state index in [1.165, 1.54) is 29.8 Å². The molecule has 4 rings (SSSR count). The lowest BCUT2D eigenvalue weighted by atomic mass is 9.85. The van der Waals surface area contributed by atoms with Gasteiger partial charge in [0.2, 0.25) is 0 Å². The predicted octanol–water partition coefficient (Wildman–Crippen LogP) is 7.70. The number of rotatable bonds is 17. The van der Waals surface area contributed by atoms with Crippen LogP contribution in [-0.4, -0.2) is 47.2 Å². The number of esters is 2. The van der Waals surface area contributed by atoms with Gasteiger partial charge in [0.05, 0.1) is 23.3 Å². The quantitative estimate of drug-likeness (QED) is 0.0866. The molecule has 1 aliphatic carbocycles. The molecule has 43 heavy (non-hydrogen) atoms. The molecule has 0 radical (unpaired) electrons. The molecule has 0 spiro atoms. The molecule has 0 amide bonds. The van der Waals surface area contributed by atoms with Gasteiger partial charge >= 0.3 is 23.7 Å². The highest BCUT2D eigenvalue weighted by Gasteiger charge is 2.51. The van der Waals surface area contributed by atoms with Gasteiger partial charge in [-0.25, -0.2) is 18.8 Å². The number of unbranched alkanes of at least 4 members (excludes halogenated alkanes) is 1. The maximum absolute atomic E-state index is 14.2. The summed E-state index contributed by atoms with van der Waals surface area (Å²) in [7, 11) is 0. The molecule has 2 aromatic carbocycles. The average Bonchev–Trinajstić information content (AvgIpc) is 3.68. The summed E-state index contributed by atoms with van der Waals surface area (Å²) in [4.78, 5) is 38.5. The van der Waals surface area contributed by atoms with Gasteiger partial charge in [-0.3, -0.25) is 0 Å². The van der Waals surface area contributed by atoms with Crippen LogP contribution in [0.25, 0.3) is 0 Å². The van der Waals surface area contributed by atoms with Crippen molar-refractivity contribution in [1.29, 1.82) is 0 Å². The lowest BCUT2D eigenvalue weighted by molar-refractivity contribution is -0.207. The van der Waals surface area contributed by atoms with Crippen molar-refractivity contribution in [3.8, 4) is 0 Å². The van der Waals surface area contributed by atoms with E-state index >= 15 is 0 Å². The maximum atomic E-state index is 14.2. The highest BCUT2D eigenvalue weighted by molar-refractivity contribution is 5.95. The zero-order valence-corrected chi connectivity index (χ0v) is 24.9. The molecule has 2 unspecified atom stereocenters. The Morgan fingerprint density at radius 2 is 1.53 bits per heavy atom. The van der Waals surface area contributed by atoms with Crippen LogP contribution in [0.2, 0.25) is 0 Å². The highest BCUT2D eigenvalue weighted by atomic mass is 19.1. The Balaban J connectivity index is 1.38. The first-order chi connectivity index (χ1) is 20.7. The van der Waals surface area contributed by atoms with Gasteiger partial charge in [-0.15, -0.1) is 0 Å². The van der Waals surface area contributed by atoms with Crippen molar-refractivity contribution in [2.75, 3.05) is 0 Å². The van der Waals surface area contributed by atoms with Gasteiger partial charge in [0, 0.05) is 6.42 Å². The molecule has 2 fully saturated rings. The fraction of sp³-hybridized carbons (Fsp3) is 0.514. The van der Waals surface area contributed by atoms with E-state index in [4.69, 9.17) is 14.2 Å². The predicted molar refractivity (Wildman–Crippen MR) is 160 cm³/mol. The SMILES string of the molecule is C=C1CC[C@H](CCCC(F)CCCC)[C@H]1C[C@H]1OC1CCC(OC(=O)c1ccccc1)(OC(=O)c1ccccc1)C(=O)O. The molecule has 1 N–H and O–H groups in total. The molecular formula is C35H43FO7. The van der Waals surface area contributed by atoms with Crippen LogP contribution >= 0.6 is 0 Å². The molecule has 0 bridgehead atoms. The molecule has 2 aromatic rings. The van der Waals surface area contributed by atoms with Crippen molar-refractivity contribution in [3.63, 3.8) is 0 Å². The Hall–Kier alpha value is -3.52. The number of ether oxygens (including phenoxy) is 3. The summed E-state index contributed by atoms with van der Waals surface area (Å²) in [6.45, 7) is 6.36. The summed E-state index contributed by atoms with van der Waals surface area (Å²) in [6.07, 6.45) is 6.58. The number of carboxylic acids is 1. The van der Waals surface area contributed by atoms with Gasteiger partial charge in [0.25, 0.3) is 0 Å². The third kappa shape index (κ3) is 8.99. The van der Waals surface area contributed by atoms with E-state index in [0.29, 0.717) is 18.8 Å². The largest absolute Gasteiger partial charge is 0.475 e. The van der Waals surface area contributed by atoms with Gasteiger partial charge < -0.3 is 19.3 Å². The molecule has 7 nitrogen and oxygen atoms in total. The van der Waals surface area contributed by atoms with E-state index in [0.717, 1.165) is 44.9 Å². The van der Waals surface area contributed by atoms with Gasteiger partial charge in [-0.05, 0) is 81.0 Å². The smallest absolute Gasteiger partial charge is 0.390 e. The summed E-state index contributed by atoms with van der Waals surface area (Å²) in [6, 6.07) is 15.9. The minimum absolute atomic E-state index is 0.0954. The van der Waals surface area contributed by atoms with E-state index in [2.05, 4.69) is 13.5 Å². The molecule has 0 aromatic heterocycles. The first-order valence-corrected chi connectivity index (χ1v) is 15.5. The third-order valence-corrected chi connectivity index (χ3v) is 8.68. The number of benzene rings is 2. The molecule has 1 saturated heterocycles. The van der Waals surface area contributed by atoms with Crippen molar-refractivity contribution >= 4 is 17.9 Å². The van der Waals surface area contributed by atoms with Gasteiger partial charge in [-0.1, -0.05) is 74.7 Å². The average molecular weight is 595 g/mol. The summed E-state index contributed by atoms with van der Waals surface area (Å²) in [5, 5.41) is 10.2. The number of alkyl halides is 1. The van der Waals surface area contributed by atoms with E-state index < -0.39 is 29.9 Å². The van der Waals surface area contributed by atoms with Crippen LogP contribution in [0.1, 0.15) is 98.3 Å². The molecule has 1 heterocycles. The second kappa shape index (κ2) is 15.3. The number of carboxylic acid groups (broad SMARTS) is 1. The number of aliphatic carboxylic acids is 1. The van der Waals surface area contributed by atoms with Crippen LogP contribution in [-0.2, 0) is 19.0 Å². The minimum Gasteiger partial charge on any atom is -0.475 e. The molecule has 2 aliphatic rings. The lowest BCUT2D eigenvalue weighted by Gasteiger charge is -2.28. The van der Waals surface area contributed by atoms with Crippen molar-refractivity contribution in [1.82, 2.24) is 0 Å². The Kier molecular flexibility index (Phi) is 11.5. The van der Waals surface area contributed by atoms with Crippen LogP contribution in [0.3, 0.4) is 0 Å². The van der Waals surface area contributed by atoms with Crippen molar-refractivity contribution in [3.05, 3.63) is 83.9 Å². The van der Waals surface area contributed by atoms with Crippen LogP contribution in [0.4, 0.5) is 4.39 Å². The Morgan fingerprint density at radius 1 is 0.953 bits per heavy atom. The van der Waals surface area contributed by atoms with Gasteiger partial charge in [0.1, 0.15) is 6.17 Å². The van der Waals surface area contributed by atoms with Crippen molar-refractivity contribution < 1.29 is 38.1 Å². The second-order valence-corrected chi connectivity index (χ2v) is 11.8. The topological polar surface area (TPSA) is 102 Å². The van der Waals surface area contributed by atoms with Crippen LogP contribution < -0.4 is 0 Å². The second-order valence-electron chi connectivity index (χ2n) is 11.8. The number of epoxide rings is 1. The van der Waals surface area contributed by atoms with Gasteiger partial charge in [0.15, 0.2) is 0 Å². The summed E-state index contributed by atoms with van der Waals surface area (Å²) in [5.74, 6) is -5.21. The lowest BCUT2D eigenvalue weighted by Crippen LogP contribution is -2.48. The molecule has 5 atom stereocenters. The number of halogens is 1. The normalized spacial score (nSPS) is 22.1. The fourth-order valence-electron chi connectivity index (χ4n) is 6.07.